The lowest BCUT2D eigenvalue weighted by molar-refractivity contribution is 0.329. The van der Waals surface area contributed by atoms with Crippen LogP contribution in [0.3, 0.4) is 0 Å². The summed E-state index contributed by atoms with van der Waals surface area (Å²) in [4.78, 5) is 5.55. The van der Waals surface area contributed by atoms with Crippen LogP contribution in [0.4, 0.5) is 5.13 Å². The van der Waals surface area contributed by atoms with Gasteiger partial charge in [0.1, 0.15) is 0 Å². The number of imidazole rings is 1. The van der Waals surface area contributed by atoms with Crippen LogP contribution in [0.2, 0.25) is 0 Å². The van der Waals surface area contributed by atoms with E-state index in [1.165, 1.54) is 0 Å². The van der Waals surface area contributed by atoms with Crippen LogP contribution in [0.5, 0.6) is 0 Å². The van der Waals surface area contributed by atoms with E-state index in [1.54, 1.807) is 15.6 Å². The molecule has 25 heavy (non-hydrogen) atoms. The topological polar surface area (TPSA) is 79.6 Å². The summed E-state index contributed by atoms with van der Waals surface area (Å²) >= 11 is 1.55. The summed E-state index contributed by atoms with van der Waals surface area (Å²) in [5.74, 6) is 0. The van der Waals surface area contributed by atoms with E-state index in [2.05, 4.69) is 36.2 Å². The van der Waals surface area contributed by atoms with Gasteiger partial charge in [-0.1, -0.05) is 32.1 Å². The highest BCUT2D eigenvalue weighted by atomic mass is 32.2. The predicted molar refractivity (Wildman–Crippen MR) is 99.7 cm³/mol. The van der Waals surface area contributed by atoms with Gasteiger partial charge in [0.25, 0.3) is 0 Å². The first-order valence-corrected chi connectivity index (χ1v) is 11.2. The Balaban J connectivity index is 1.38. The molecule has 0 bridgehead atoms. The number of fused-ring (bicyclic) bond motifs is 1. The second-order valence-electron chi connectivity index (χ2n) is 8.07. The number of nitrogens with one attached hydrogen (secondary N) is 1. The van der Waals surface area contributed by atoms with Gasteiger partial charge in [-0.3, -0.25) is 0 Å². The summed E-state index contributed by atoms with van der Waals surface area (Å²) in [6.07, 6.45) is 5.29. The van der Waals surface area contributed by atoms with Crippen molar-refractivity contribution in [1.29, 1.82) is 0 Å². The standard InChI is InChI=1S/C16H25N5O2S2/c1-16(2,3)13-10-21-15(18-13)24-14(19-21)17-11-6-8-20(9-7-11)25(22,23)12-4-5-12/h10-12H,4-9H2,1-3H3,(H,17,19). The lowest BCUT2D eigenvalue weighted by Gasteiger charge is -2.31. The van der Waals surface area contributed by atoms with Gasteiger partial charge in [0.15, 0.2) is 0 Å². The zero-order chi connectivity index (χ0) is 17.8. The molecule has 1 saturated heterocycles. The van der Waals surface area contributed by atoms with E-state index in [4.69, 9.17) is 0 Å². The molecule has 4 rings (SSSR count). The highest BCUT2D eigenvalue weighted by Gasteiger charge is 2.41. The van der Waals surface area contributed by atoms with Crippen molar-refractivity contribution in [3.63, 3.8) is 0 Å². The fourth-order valence-electron chi connectivity index (χ4n) is 3.13. The van der Waals surface area contributed by atoms with Crippen LogP contribution >= 0.6 is 11.3 Å². The molecule has 1 N–H and O–H groups in total. The van der Waals surface area contributed by atoms with Gasteiger partial charge in [-0.05, 0) is 25.7 Å². The Morgan fingerprint density at radius 3 is 2.44 bits per heavy atom. The molecule has 0 atom stereocenters. The minimum absolute atomic E-state index is 0.0148. The summed E-state index contributed by atoms with van der Waals surface area (Å²) in [6.45, 7) is 7.63. The molecule has 3 heterocycles. The van der Waals surface area contributed by atoms with E-state index in [1.807, 2.05) is 10.7 Å². The van der Waals surface area contributed by atoms with Gasteiger partial charge in [-0.15, -0.1) is 5.10 Å². The predicted octanol–water partition coefficient (Wildman–Crippen LogP) is 2.46. The number of hydrogen-bond acceptors (Lipinski definition) is 6. The fraction of sp³-hybridized carbons (Fsp3) is 0.750. The molecule has 1 aliphatic heterocycles. The largest absolute Gasteiger partial charge is 0.357 e. The third-order valence-electron chi connectivity index (χ3n) is 4.90. The number of anilines is 1. The molecule has 2 fully saturated rings. The zero-order valence-corrected chi connectivity index (χ0v) is 16.5. The number of rotatable bonds is 4. The van der Waals surface area contributed by atoms with Crippen molar-refractivity contribution in [2.24, 2.45) is 0 Å². The van der Waals surface area contributed by atoms with Crippen LogP contribution in [-0.2, 0) is 15.4 Å². The van der Waals surface area contributed by atoms with E-state index in [9.17, 15) is 8.42 Å². The smallest absolute Gasteiger partial charge is 0.216 e. The molecule has 2 aromatic rings. The molecular formula is C16H25N5O2S2. The van der Waals surface area contributed by atoms with Crippen molar-refractivity contribution in [2.75, 3.05) is 18.4 Å². The van der Waals surface area contributed by atoms with Gasteiger partial charge >= 0.3 is 0 Å². The second-order valence-corrected chi connectivity index (χ2v) is 11.2. The van der Waals surface area contributed by atoms with E-state index in [0.717, 1.165) is 41.5 Å². The van der Waals surface area contributed by atoms with Crippen LogP contribution in [0.15, 0.2) is 6.20 Å². The maximum atomic E-state index is 12.3. The Morgan fingerprint density at radius 1 is 1.20 bits per heavy atom. The number of piperidine rings is 1. The molecule has 2 aromatic heterocycles. The monoisotopic (exact) mass is 383 g/mol. The maximum Gasteiger partial charge on any atom is 0.216 e. The number of aromatic nitrogens is 3. The van der Waals surface area contributed by atoms with E-state index in [-0.39, 0.29) is 16.7 Å². The quantitative estimate of drug-likeness (QED) is 0.877. The van der Waals surface area contributed by atoms with Gasteiger partial charge in [0.05, 0.1) is 17.1 Å². The van der Waals surface area contributed by atoms with Crippen LogP contribution in [0, 0.1) is 0 Å². The maximum absolute atomic E-state index is 12.3. The molecule has 0 unspecified atom stereocenters. The molecule has 9 heteroatoms. The second kappa shape index (κ2) is 5.92. The first-order chi connectivity index (χ1) is 11.7. The van der Waals surface area contributed by atoms with Gasteiger partial charge < -0.3 is 5.32 Å². The van der Waals surface area contributed by atoms with Crippen molar-refractivity contribution < 1.29 is 8.42 Å². The summed E-state index contributed by atoms with van der Waals surface area (Å²) in [6, 6.07) is 0.267. The average Bonchev–Trinajstić information content (AvgIpc) is 3.21. The molecule has 7 nitrogen and oxygen atoms in total. The third-order valence-corrected chi connectivity index (χ3v) is 8.15. The van der Waals surface area contributed by atoms with Crippen molar-refractivity contribution in [3.8, 4) is 0 Å². The molecule has 0 spiro atoms. The minimum Gasteiger partial charge on any atom is -0.357 e. The molecule has 0 amide bonds. The number of nitrogens with zero attached hydrogens (tertiary/aromatic N) is 4. The Labute approximate surface area is 152 Å². The van der Waals surface area contributed by atoms with Crippen LogP contribution in [0.25, 0.3) is 4.96 Å². The summed E-state index contributed by atoms with van der Waals surface area (Å²) < 4.78 is 28.1. The van der Waals surface area contributed by atoms with Crippen molar-refractivity contribution in [2.45, 2.75) is 63.2 Å². The number of hydrogen-bond donors (Lipinski definition) is 1. The normalized spacial score (nSPS) is 21.1. The average molecular weight is 384 g/mol. The Kier molecular flexibility index (Phi) is 4.08. The molecule has 138 valence electrons. The lowest BCUT2D eigenvalue weighted by atomic mass is 9.93. The Bertz CT molecular complexity index is 837. The molecule has 2 aliphatic rings. The van der Waals surface area contributed by atoms with E-state index >= 15 is 0 Å². The third kappa shape index (κ3) is 3.41. The molecule has 1 saturated carbocycles. The Hall–Kier alpha value is -1.19. The van der Waals surface area contributed by atoms with E-state index in [0.29, 0.717) is 13.1 Å². The fourth-order valence-corrected chi connectivity index (χ4v) is 5.86. The first kappa shape index (κ1) is 17.2. The molecule has 0 radical (unpaired) electrons. The SMILES string of the molecule is CC(C)(C)c1cn2nc(NC3CCN(S(=O)(=O)C4CC4)CC3)sc2n1. The van der Waals surface area contributed by atoms with Gasteiger partial charge in [0, 0.05) is 24.5 Å². The van der Waals surface area contributed by atoms with E-state index < -0.39 is 10.0 Å². The minimum atomic E-state index is -3.04. The van der Waals surface area contributed by atoms with Crippen LogP contribution < -0.4 is 5.32 Å². The van der Waals surface area contributed by atoms with Crippen molar-refractivity contribution >= 4 is 31.5 Å². The van der Waals surface area contributed by atoms with Gasteiger partial charge in [0.2, 0.25) is 20.1 Å². The lowest BCUT2D eigenvalue weighted by Crippen LogP contribution is -2.43. The highest BCUT2D eigenvalue weighted by molar-refractivity contribution is 7.90. The number of sulfonamides is 1. The zero-order valence-electron chi connectivity index (χ0n) is 14.9. The summed E-state index contributed by atoms with van der Waals surface area (Å²) in [5, 5.41) is 8.78. The van der Waals surface area contributed by atoms with Crippen LogP contribution in [0.1, 0.15) is 52.1 Å². The first-order valence-electron chi connectivity index (χ1n) is 8.86. The van der Waals surface area contributed by atoms with Crippen molar-refractivity contribution in [3.05, 3.63) is 11.9 Å². The summed E-state index contributed by atoms with van der Waals surface area (Å²) in [7, 11) is -3.04. The van der Waals surface area contributed by atoms with Gasteiger partial charge in [-0.25, -0.2) is 22.2 Å². The molecule has 0 aromatic carbocycles. The van der Waals surface area contributed by atoms with Crippen molar-refractivity contribution in [1.82, 2.24) is 18.9 Å². The molecule has 1 aliphatic carbocycles. The van der Waals surface area contributed by atoms with Crippen LogP contribution in [-0.4, -0.2) is 51.7 Å². The van der Waals surface area contributed by atoms with Gasteiger partial charge in [-0.2, -0.15) is 0 Å². The summed E-state index contributed by atoms with van der Waals surface area (Å²) in [5.41, 5.74) is 1.05. The molecular weight excluding hydrogens is 358 g/mol. The Morgan fingerprint density at radius 2 is 1.88 bits per heavy atom. The highest BCUT2D eigenvalue weighted by Crippen LogP contribution is 2.33.